The Labute approximate surface area is 85.4 Å². The van der Waals surface area contributed by atoms with Gasteiger partial charge in [0, 0.05) is 5.56 Å². The molecule has 4 heteroatoms. The van der Waals surface area contributed by atoms with E-state index in [1.807, 2.05) is 0 Å². The van der Waals surface area contributed by atoms with Gasteiger partial charge < -0.3 is 5.73 Å². The Morgan fingerprint density at radius 2 is 1.80 bits per heavy atom. The maximum absolute atomic E-state index is 12.9. The Hall–Kier alpha value is -1.97. The third-order valence-corrected chi connectivity index (χ3v) is 1.99. The van der Waals surface area contributed by atoms with E-state index in [2.05, 4.69) is 4.98 Å². The third kappa shape index (κ3) is 1.93. The van der Waals surface area contributed by atoms with Crippen LogP contribution in [0.3, 0.4) is 0 Å². The average Bonchev–Trinajstić information content (AvgIpc) is 2.22. The molecule has 1 aromatic heterocycles. The molecule has 0 bridgehead atoms. The summed E-state index contributed by atoms with van der Waals surface area (Å²) in [6.45, 7) is 0. The molecular formula is C11H8F2N2. The van der Waals surface area contributed by atoms with Crippen LogP contribution in [0.5, 0.6) is 0 Å². The minimum atomic E-state index is -0.892. The number of nitrogens with zero attached hydrogens (tertiary/aromatic N) is 1. The van der Waals surface area contributed by atoms with E-state index in [0.29, 0.717) is 17.1 Å². The van der Waals surface area contributed by atoms with Crippen molar-refractivity contribution in [2.45, 2.75) is 0 Å². The quantitative estimate of drug-likeness (QED) is 0.778. The smallest absolute Gasteiger partial charge is 0.159 e. The molecule has 0 radical (unpaired) electrons. The van der Waals surface area contributed by atoms with E-state index in [-0.39, 0.29) is 0 Å². The van der Waals surface area contributed by atoms with E-state index in [9.17, 15) is 8.78 Å². The summed E-state index contributed by atoms with van der Waals surface area (Å²) < 4.78 is 25.6. The van der Waals surface area contributed by atoms with Crippen molar-refractivity contribution in [3.63, 3.8) is 0 Å². The lowest BCUT2D eigenvalue weighted by Gasteiger charge is -2.02. The summed E-state index contributed by atoms with van der Waals surface area (Å²) in [5, 5.41) is 0. The van der Waals surface area contributed by atoms with Crippen LogP contribution in [0.4, 0.5) is 14.6 Å². The van der Waals surface area contributed by atoms with Crippen molar-refractivity contribution in [3.8, 4) is 11.3 Å². The summed E-state index contributed by atoms with van der Waals surface area (Å²) in [6, 6.07) is 8.64. The van der Waals surface area contributed by atoms with Crippen molar-refractivity contribution >= 4 is 5.82 Å². The Balaban J connectivity index is 2.50. The summed E-state index contributed by atoms with van der Waals surface area (Å²) >= 11 is 0. The summed E-state index contributed by atoms with van der Waals surface area (Å²) in [5.41, 5.74) is 6.51. The minimum Gasteiger partial charge on any atom is -0.384 e. The van der Waals surface area contributed by atoms with Crippen LogP contribution in [-0.2, 0) is 0 Å². The molecule has 2 nitrogen and oxygen atoms in total. The molecule has 0 aliphatic heterocycles. The molecule has 0 aliphatic rings. The van der Waals surface area contributed by atoms with Crippen LogP contribution in [0, 0.1) is 11.6 Å². The van der Waals surface area contributed by atoms with Gasteiger partial charge in [-0.3, -0.25) is 0 Å². The van der Waals surface area contributed by atoms with Crippen molar-refractivity contribution in [1.29, 1.82) is 0 Å². The highest BCUT2D eigenvalue weighted by atomic mass is 19.2. The second-order valence-corrected chi connectivity index (χ2v) is 3.08. The molecule has 1 heterocycles. The van der Waals surface area contributed by atoms with Gasteiger partial charge in [0.25, 0.3) is 0 Å². The molecule has 0 saturated carbocycles. The maximum Gasteiger partial charge on any atom is 0.159 e. The first-order chi connectivity index (χ1) is 7.16. The minimum absolute atomic E-state index is 0.345. The van der Waals surface area contributed by atoms with Crippen LogP contribution in [0.1, 0.15) is 0 Å². The van der Waals surface area contributed by atoms with Gasteiger partial charge in [0.1, 0.15) is 5.82 Å². The normalized spacial score (nSPS) is 10.3. The van der Waals surface area contributed by atoms with Gasteiger partial charge in [-0.2, -0.15) is 0 Å². The highest BCUT2D eigenvalue weighted by Gasteiger charge is 2.05. The Bertz CT molecular complexity index is 498. The second kappa shape index (κ2) is 3.65. The molecule has 0 aliphatic carbocycles. The van der Waals surface area contributed by atoms with Crippen molar-refractivity contribution in [2.75, 3.05) is 5.73 Å². The molecule has 2 aromatic rings. The molecule has 2 rings (SSSR count). The van der Waals surface area contributed by atoms with Crippen molar-refractivity contribution < 1.29 is 8.78 Å². The topological polar surface area (TPSA) is 38.9 Å². The fraction of sp³-hybridized carbons (Fsp3) is 0. The SMILES string of the molecule is Nc1cccc(-c2ccc(F)c(F)c2)n1. The molecule has 0 atom stereocenters. The predicted molar refractivity (Wildman–Crippen MR) is 54.0 cm³/mol. The second-order valence-electron chi connectivity index (χ2n) is 3.08. The molecule has 0 amide bonds. The number of hydrogen-bond donors (Lipinski definition) is 1. The number of nitrogens with two attached hydrogens (primary N) is 1. The lowest BCUT2D eigenvalue weighted by atomic mass is 10.1. The van der Waals surface area contributed by atoms with E-state index in [1.165, 1.54) is 6.07 Å². The predicted octanol–water partition coefficient (Wildman–Crippen LogP) is 2.61. The zero-order chi connectivity index (χ0) is 10.8. The zero-order valence-electron chi connectivity index (χ0n) is 7.74. The van der Waals surface area contributed by atoms with Crippen LogP contribution in [0.25, 0.3) is 11.3 Å². The Kier molecular flexibility index (Phi) is 2.33. The Morgan fingerprint density at radius 3 is 2.47 bits per heavy atom. The van der Waals surface area contributed by atoms with E-state index >= 15 is 0 Å². The van der Waals surface area contributed by atoms with Crippen LogP contribution in [-0.4, -0.2) is 4.98 Å². The molecule has 76 valence electrons. The number of anilines is 1. The molecule has 0 unspecified atom stereocenters. The van der Waals surface area contributed by atoms with Gasteiger partial charge in [0.15, 0.2) is 11.6 Å². The number of nitrogen functional groups attached to an aromatic ring is 1. The van der Waals surface area contributed by atoms with Crippen LogP contribution in [0.2, 0.25) is 0 Å². The fourth-order valence-electron chi connectivity index (χ4n) is 1.27. The van der Waals surface area contributed by atoms with E-state index in [4.69, 9.17) is 5.73 Å². The van der Waals surface area contributed by atoms with Crippen molar-refractivity contribution in [1.82, 2.24) is 4.98 Å². The number of hydrogen-bond acceptors (Lipinski definition) is 2. The van der Waals surface area contributed by atoms with Gasteiger partial charge in [-0.1, -0.05) is 6.07 Å². The van der Waals surface area contributed by atoms with Crippen LogP contribution < -0.4 is 5.73 Å². The van der Waals surface area contributed by atoms with Gasteiger partial charge in [0.05, 0.1) is 5.69 Å². The summed E-state index contributed by atoms with van der Waals surface area (Å²) in [6.07, 6.45) is 0. The summed E-state index contributed by atoms with van der Waals surface area (Å²) in [7, 11) is 0. The molecule has 0 saturated heterocycles. The summed E-state index contributed by atoms with van der Waals surface area (Å²) in [5.74, 6) is -1.42. The first-order valence-electron chi connectivity index (χ1n) is 4.35. The van der Waals surface area contributed by atoms with Crippen LogP contribution >= 0.6 is 0 Å². The number of benzene rings is 1. The number of pyridine rings is 1. The van der Waals surface area contributed by atoms with Gasteiger partial charge in [-0.05, 0) is 30.3 Å². The molecular weight excluding hydrogens is 198 g/mol. The van der Waals surface area contributed by atoms with Crippen molar-refractivity contribution in [3.05, 3.63) is 48.0 Å². The fourth-order valence-corrected chi connectivity index (χ4v) is 1.27. The number of aromatic nitrogens is 1. The lowest BCUT2D eigenvalue weighted by Crippen LogP contribution is -1.92. The monoisotopic (exact) mass is 206 g/mol. The highest BCUT2D eigenvalue weighted by molar-refractivity contribution is 5.60. The first kappa shape index (κ1) is 9.58. The average molecular weight is 206 g/mol. The number of halogens is 2. The molecule has 0 fully saturated rings. The van der Waals surface area contributed by atoms with Gasteiger partial charge in [-0.15, -0.1) is 0 Å². The van der Waals surface area contributed by atoms with E-state index < -0.39 is 11.6 Å². The molecule has 1 aromatic carbocycles. The van der Waals surface area contributed by atoms with Crippen molar-refractivity contribution in [2.24, 2.45) is 0 Å². The molecule has 15 heavy (non-hydrogen) atoms. The maximum atomic E-state index is 12.9. The standard InChI is InChI=1S/C11H8F2N2/c12-8-5-4-7(6-9(8)13)10-2-1-3-11(14)15-10/h1-6H,(H2,14,15). The van der Waals surface area contributed by atoms with E-state index in [1.54, 1.807) is 18.2 Å². The first-order valence-corrected chi connectivity index (χ1v) is 4.35. The zero-order valence-corrected chi connectivity index (χ0v) is 7.74. The molecule has 0 spiro atoms. The third-order valence-electron chi connectivity index (χ3n) is 1.99. The van der Waals surface area contributed by atoms with Gasteiger partial charge in [0.2, 0.25) is 0 Å². The highest BCUT2D eigenvalue weighted by Crippen LogP contribution is 2.20. The van der Waals surface area contributed by atoms with Gasteiger partial charge in [-0.25, -0.2) is 13.8 Å². The lowest BCUT2D eigenvalue weighted by molar-refractivity contribution is 0.509. The molecule has 2 N–H and O–H groups in total. The Morgan fingerprint density at radius 1 is 1.00 bits per heavy atom. The largest absolute Gasteiger partial charge is 0.384 e. The summed E-state index contributed by atoms with van der Waals surface area (Å²) in [4.78, 5) is 4.00. The van der Waals surface area contributed by atoms with Gasteiger partial charge >= 0.3 is 0 Å². The van der Waals surface area contributed by atoms with Crippen LogP contribution in [0.15, 0.2) is 36.4 Å². The van der Waals surface area contributed by atoms with E-state index in [0.717, 1.165) is 12.1 Å². The number of rotatable bonds is 1.